The van der Waals surface area contributed by atoms with Crippen molar-refractivity contribution in [2.24, 2.45) is 5.92 Å². The molecule has 100 valence electrons. The fourth-order valence-electron chi connectivity index (χ4n) is 2.38. The molecule has 1 aliphatic heterocycles. The number of hydrogen-bond donors (Lipinski definition) is 0. The first kappa shape index (κ1) is 13.5. The van der Waals surface area contributed by atoms with Gasteiger partial charge in [-0.05, 0) is 12.0 Å². The van der Waals surface area contributed by atoms with Gasteiger partial charge in [0.2, 0.25) is 0 Å². The molecule has 1 aromatic carbocycles. The molecule has 1 heterocycles. The van der Waals surface area contributed by atoms with Gasteiger partial charge in [-0.3, -0.25) is 9.69 Å². The molecule has 19 heavy (non-hydrogen) atoms. The molecule has 1 atom stereocenters. The monoisotopic (exact) mass is 259 g/mol. The minimum absolute atomic E-state index is 0.351. The zero-order valence-electron chi connectivity index (χ0n) is 11.0. The number of ether oxygens (including phenoxy) is 1. The van der Waals surface area contributed by atoms with Gasteiger partial charge in [0.15, 0.2) is 0 Å². The van der Waals surface area contributed by atoms with Crippen LogP contribution in [-0.2, 0) is 20.9 Å². The minimum Gasteiger partial charge on any atom is -0.469 e. The van der Waals surface area contributed by atoms with Gasteiger partial charge in [0.05, 0.1) is 7.11 Å². The number of esters is 1. The molecular weight excluding hydrogens is 242 g/mol. The molecule has 4 heteroatoms. The Morgan fingerprint density at radius 2 is 2.16 bits per heavy atom. The van der Waals surface area contributed by atoms with Gasteiger partial charge in [0.1, 0.15) is 11.9 Å². The number of piperidine rings is 1. The van der Waals surface area contributed by atoms with Crippen molar-refractivity contribution >= 4 is 11.9 Å². The zero-order valence-corrected chi connectivity index (χ0v) is 11.0. The molecule has 0 amide bonds. The Morgan fingerprint density at radius 1 is 1.42 bits per heavy atom. The molecule has 0 saturated carbocycles. The summed E-state index contributed by atoms with van der Waals surface area (Å²) in [5.41, 5.74) is 1.72. The molecule has 1 unspecified atom stereocenters. The molecule has 1 aromatic rings. The summed E-state index contributed by atoms with van der Waals surface area (Å²) in [5.74, 6) is 1.07. The van der Waals surface area contributed by atoms with Crippen LogP contribution in [0, 0.1) is 5.92 Å². The van der Waals surface area contributed by atoms with E-state index in [-0.39, 0.29) is 5.97 Å². The van der Waals surface area contributed by atoms with E-state index in [4.69, 9.17) is 4.74 Å². The van der Waals surface area contributed by atoms with Crippen molar-refractivity contribution in [1.82, 2.24) is 4.90 Å². The number of benzene rings is 1. The summed E-state index contributed by atoms with van der Waals surface area (Å²) < 4.78 is 4.75. The molecule has 1 fully saturated rings. The molecule has 2 rings (SSSR count). The molecule has 0 radical (unpaired) electrons. The maximum atomic E-state index is 11.7. The Hall–Kier alpha value is -1.90. The van der Waals surface area contributed by atoms with Crippen molar-refractivity contribution in [3.8, 4) is 0 Å². The van der Waals surface area contributed by atoms with Crippen LogP contribution in [-0.4, -0.2) is 37.0 Å². The summed E-state index contributed by atoms with van der Waals surface area (Å²) >= 11 is 0. The van der Waals surface area contributed by atoms with Crippen molar-refractivity contribution in [3.63, 3.8) is 0 Å². The van der Waals surface area contributed by atoms with Gasteiger partial charge in [-0.1, -0.05) is 30.3 Å². The highest BCUT2D eigenvalue weighted by atomic mass is 16.5. The molecule has 4 nitrogen and oxygen atoms in total. The van der Waals surface area contributed by atoms with E-state index in [1.165, 1.54) is 12.7 Å². The fourth-order valence-corrected chi connectivity index (χ4v) is 2.38. The van der Waals surface area contributed by atoms with Gasteiger partial charge in [0.25, 0.3) is 0 Å². The van der Waals surface area contributed by atoms with Gasteiger partial charge in [-0.2, -0.15) is 0 Å². The van der Waals surface area contributed by atoms with Crippen molar-refractivity contribution in [2.45, 2.75) is 13.0 Å². The number of likely N-dealkylation sites (tertiary alicyclic amines) is 1. The SMILES string of the molecule is COC(=O)C1CN(Cc2ccccc2)CCC1=C=O. The van der Waals surface area contributed by atoms with E-state index in [2.05, 4.69) is 17.0 Å². The number of carbonyl (C=O) groups is 1. The van der Waals surface area contributed by atoms with Crippen molar-refractivity contribution < 1.29 is 14.3 Å². The van der Waals surface area contributed by atoms with Crippen LogP contribution in [0.15, 0.2) is 35.9 Å². The van der Waals surface area contributed by atoms with E-state index in [1.54, 1.807) is 0 Å². The summed E-state index contributed by atoms with van der Waals surface area (Å²) in [7, 11) is 1.35. The second-order valence-corrected chi connectivity index (χ2v) is 4.67. The Bertz CT molecular complexity index is 491. The number of carbonyl (C=O) groups excluding carboxylic acids is 2. The van der Waals surface area contributed by atoms with E-state index >= 15 is 0 Å². The molecule has 0 bridgehead atoms. The van der Waals surface area contributed by atoms with Crippen LogP contribution < -0.4 is 0 Å². The standard InChI is InChI=1S/C15H17NO3/c1-19-15(18)14-10-16(8-7-13(14)11-17)9-12-5-3-2-4-6-12/h2-6,14H,7-10H2,1H3. The normalized spacial score (nSPS) is 19.8. The molecule has 0 aliphatic carbocycles. The second kappa shape index (κ2) is 6.32. The lowest BCUT2D eigenvalue weighted by molar-refractivity contribution is -0.145. The summed E-state index contributed by atoms with van der Waals surface area (Å²) in [6.07, 6.45) is 0.579. The smallest absolute Gasteiger partial charge is 0.314 e. The first-order valence-electron chi connectivity index (χ1n) is 6.32. The molecule has 1 aliphatic rings. The van der Waals surface area contributed by atoms with Crippen molar-refractivity contribution in [1.29, 1.82) is 0 Å². The average Bonchev–Trinajstić information content (AvgIpc) is 2.47. The maximum absolute atomic E-state index is 11.7. The number of rotatable bonds is 3. The van der Waals surface area contributed by atoms with Gasteiger partial charge in [0, 0.05) is 25.2 Å². The van der Waals surface area contributed by atoms with Crippen LogP contribution in [0.1, 0.15) is 12.0 Å². The second-order valence-electron chi connectivity index (χ2n) is 4.67. The Balaban J connectivity index is 2.06. The van der Waals surface area contributed by atoms with Crippen molar-refractivity contribution in [2.75, 3.05) is 20.2 Å². The lowest BCUT2D eigenvalue weighted by Gasteiger charge is -2.31. The largest absolute Gasteiger partial charge is 0.469 e. The highest BCUT2D eigenvalue weighted by molar-refractivity contribution is 5.79. The maximum Gasteiger partial charge on any atom is 0.314 e. The van der Waals surface area contributed by atoms with Crippen LogP contribution in [0.5, 0.6) is 0 Å². The van der Waals surface area contributed by atoms with E-state index in [0.29, 0.717) is 18.5 Å². The first-order valence-corrected chi connectivity index (χ1v) is 6.32. The summed E-state index contributed by atoms with van der Waals surface area (Å²) in [4.78, 5) is 24.7. The van der Waals surface area contributed by atoms with E-state index in [9.17, 15) is 9.59 Å². The van der Waals surface area contributed by atoms with Crippen molar-refractivity contribution in [3.05, 3.63) is 41.5 Å². The first-order chi connectivity index (χ1) is 9.24. The van der Waals surface area contributed by atoms with E-state index < -0.39 is 5.92 Å². The van der Waals surface area contributed by atoms with Crippen LogP contribution in [0.3, 0.4) is 0 Å². The molecule has 1 saturated heterocycles. The third-order valence-corrected chi connectivity index (χ3v) is 3.42. The fraction of sp³-hybridized carbons (Fsp3) is 0.400. The number of nitrogens with zero attached hydrogens (tertiary/aromatic N) is 1. The molecule has 0 spiro atoms. The minimum atomic E-state index is -0.472. The lowest BCUT2D eigenvalue weighted by atomic mass is 9.92. The average molecular weight is 259 g/mol. The van der Waals surface area contributed by atoms with Gasteiger partial charge in [-0.15, -0.1) is 0 Å². The Morgan fingerprint density at radius 3 is 2.79 bits per heavy atom. The lowest BCUT2D eigenvalue weighted by Crippen LogP contribution is -2.40. The molecular formula is C15H17NO3. The van der Waals surface area contributed by atoms with Gasteiger partial charge < -0.3 is 4.74 Å². The highest BCUT2D eigenvalue weighted by Crippen LogP contribution is 2.23. The van der Waals surface area contributed by atoms with E-state index in [0.717, 1.165) is 13.1 Å². The summed E-state index contributed by atoms with van der Waals surface area (Å²) in [5, 5.41) is 0. The van der Waals surface area contributed by atoms with Crippen LogP contribution >= 0.6 is 0 Å². The predicted octanol–water partition coefficient (Wildman–Crippen LogP) is 1.44. The van der Waals surface area contributed by atoms with Crippen LogP contribution in [0.25, 0.3) is 0 Å². The van der Waals surface area contributed by atoms with E-state index in [1.807, 2.05) is 24.1 Å². The van der Waals surface area contributed by atoms with Crippen LogP contribution in [0.4, 0.5) is 0 Å². The summed E-state index contributed by atoms with van der Waals surface area (Å²) in [6.45, 7) is 2.07. The highest BCUT2D eigenvalue weighted by Gasteiger charge is 2.31. The predicted molar refractivity (Wildman–Crippen MR) is 71.0 cm³/mol. The third kappa shape index (κ3) is 3.31. The van der Waals surface area contributed by atoms with Gasteiger partial charge in [-0.25, -0.2) is 4.79 Å². The molecule has 0 N–H and O–H groups in total. The van der Waals surface area contributed by atoms with Crippen LogP contribution in [0.2, 0.25) is 0 Å². The number of methoxy groups -OCH3 is 1. The topological polar surface area (TPSA) is 46.6 Å². The number of hydrogen-bond acceptors (Lipinski definition) is 4. The third-order valence-electron chi connectivity index (χ3n) is 3.42. The Kier molecular flexibility index (Phi) is 4.50. The Labute approximate surface area is 112 Å². The van der Waals surface area contributed by atoms with Gasteiger partial charge >= 0.3 is 5.97 Å². The summed E-state index contributed by atoms with van der Waals surface area (Å²) in [6, 6.07) is 10.1. The quantitative estimate of drug-likeness (QED) is 0.608. The molecule has 0 aromatic heterocycles. The zero-order chi connectivity index (χ0) is 13.7.